The Morgan fingerprint density at radius 1 is 1.18 bits per heavy atom. The molecule has 45 heavy (non-hydrogen) atoms. The van der Waals surface area contributed by atoms with Crippen LogP contribution < -0.4 is 16.3 Å². The number of aryl methyl sites for hydroxylation is 1. The predicted octanol–water partition coefficient (Wildman–Crippen LogP) is 1.62. The van der Waals surface area contributed by atoms with Gasteiger partial charge >= 0.3 is 5.69 Å². The fourth-order valence-electron chi connectivity index (χ4n) is 5.39. The van der Waals surface area contributed by atoms with Crippen molar-refractivity contribution in [1.82, 2.24) is 24.4 Å². The Labute approximate surface area is 255 Å². The van der Waals surface area contributed by atoms with Gasteiger partial charge in [0.25, 0.3) is 0 Å². The molecule has 0 bridgehead atoms. The highest BCUT2D eigenvalue weighted by Gasteiger charge is 2.34. The minimum Gasteiger partial charge on any atom is -0.507 e. The van der Waals surface area contributed by atoms with Gasteiger partial charge in [0.2, 0.25) is 11.8 Å². The van der Waals surface area contributed by atoms with E-state index in [4.69, 9.17) is 5.73 Å². The van der Waals surface area contributed by atoms with Crippen molar-refractivity contribution in [2.24, 2.45) is 5.73 Å². The molecule has 4 heterocycles. The molecule has 1 aliphatic rings. The molecule has 1 saturated heterocycles. The second-order valence-electron chi connectivity index (χ2n) is 10.4. The lowest BCUT2D eigenvalue weighted by atomic mass is 10.1. The Morgan fingerprint density at radius 2 is 1.91 bits per heavy atom. The number of fused-ring (bicyclic) bond motifs is 1. The standard InChI is InChI=1S/C29H27F2N7O6S/c1-4-22(41)36-10-11-37(16(14-36)12-21(32)40)26-17-13-19(31)24(23-18(30)6-5-7-20(23)39)34-27(17)38(29(42)35-26)25-15(2)8-9-33-28(25)45(3,43)44/h4-9,13,16,39H,1,10-12,14H2,2-3H3,(H2,32,40)/t16-/m0/s1. The zero-order chi connectivity index (χ0) is 32.8. The lowest BCUT2D eigenvalue weighted by molar-refractivity contribution is -0.127. The number of aromatic nitrogens is 4. The number of primary amides is 1. The summed E-state index contributed by atoms with van der Waals surface area (Å²) < 4.78 is 57.2. The number of phenols is 1. The molecule has 13 nitrogen and oxygen atoms in total. The van der Waals surface area contributed by atoms with Crippen molar-refractivity contribution in [3.8, 4) is 22.7 Å². The van der Waals surface area contributed by atoms with Crippen molar-refractivity contribution in [2.45, 2.75) is 24.4 Å². The Hall–Kier alpha value is -5.25. The van der Waals surface area contributed by atoms with E-state index in [2.05, 4.69) is 21.5 Å². The summed E-state index contributed by atoms with van der Waals surface area (Å²) in [7, 11) is -4.05. The number of rotatable bonds is 7. The molecular formula is C29H27F2N7O6S. The van der Waals surface area contributed by atoms with Gasteiger partial charge in [-0.25, -0.2) is 36.5 Å². The molecule has 2 amide bonds. The number of pyridine rings is 2. The van der Waals surface area contributed by atoms with Crippen molar-refractivity contribution in [1.29, 1.82) is 0 Å². The molecule has 3 aromatic heterocycles. The summed E-state index contributed by atoms with van der Waals surface area (Å²) in [5.74, 6) is -4.01. The highest BCUT2D eigenvalue weighted by molar-refractivity contribution is 7.90. The van der Waals surface area contributed by atoms with Crippen molar-refractivity contribution in [2.75, 3.05) is 30.8 Å². The fraction of sp³-hybridized carbons (Fsp3) is 0.241. The number of halogens is 2. The molecule has 0 unspecified atom stereocenters. The zero-order valence-corrected chi connectivity index (χ0v) is 24.9. The fourth-order valence-corrected chi connectivity index (χ4v) is 6.24. The van der Waals surface area contributed by atoms with Crippen molar-refractivity contribution >= 4 is 38.5 Å². The molecule has 4 aromatic rings. The molecule has 1 aromatic carbocycles. The van der Waals surface area contributed by atoms with Crippen LogP contribution in [0.25, 0.3) is 28.0 Å². The maximum atomic E-state index is 15.9. The van der Waals surface area contributed by atoms with Crippen LogP contribution in [0, 0.1) is 18.6 Å². The summed E-state index contributed by atoms with van der Waals surface area (Å²) in [5, 5.41) is 9.82. The van der Waals surface area contributed by atoms with E-state index in [-0.39, 0.29) is 54.2 Å². The average molecular weight is 640 g/mol. The van der Waals surface area contributed by atoms with E-state index in [1.807, 2.05) is 0 Å². The van der Waals surface area contributed by atoms with Gasteiger partial charge in [0.05, 0.1) is 22.7 Å². The Morgan fingerprint density at radius 3 is 2.56 bits per heavy atom. The number of hydrogen-bond donors (Lipinski definition) is 2. The minimum atomic E-state index is -4.05. The van der Waals surface area contributed by atoms with Gasteiger partial charge in [0.1, 0.15) is 23.1 Å². The number of benzene rings is 1. The molecule has 0 saturated carbocycles. The van der Waals surface area contributed by atoms with Crippen LogP contribution in [-0.2, 0) is 19.4 Å². The second kappa shape index (κ2) is 11.7. The average Bonchev–Trinajstić information content (AvgIpc) is 2.96. The summed E-state index contributed by atoms with van der Waals surface area (Å²) in [4.78, 5) is 53.7. The van der Waals surface area contributed by atoms with E-state index in [9.17, 15) is 32.3 Å². The molecular weight excluding hydrogens is 612 g/mol. The lowest BCUT2D eigenvalue weighted by Gasteiger charge is -2.41. The summed E-state index contributed by atoms with van der Waals surface area (Å²) >= 11 is 0. The number of nitrogens with zero attached hydrogens (tertiary/aromatic N) is 6. The number of aromatic hydroxyl groups is 1. The molecule has 234 valence electrons. The largest absolute Gasteiger partial charge is 0.507 e. The number of nitrogens with two attached hydrogens (primary N) is 1. The second-order valence-corrected chi connectivity index (χ2v) is 12.4. The van der Waals surface area contributed by atoms with Crippen molar-refractivity contribution in [3.63, 3.8) is 0 Å². The highest BCUT2D eigenvalue weighted by Crippen LogP contribution is 2.36. The monoisotopic (exact) mass is 639 g/mol. The third-order valence-electron chi connectivity index (χ3n) is 7.37. The van der Waals surface area contributed by atoms with Gasteiger partial charge in [-0.05, 0) is 42.8 Å². The number of phenolic OH excluding ortho intramolecular Hbond substituents is 1. The number of hydrogen-bond acceptors (Lipinski definition) is 10. The van der Waals surface area contributed by atoms with Crippen LogP contribution >= 0.6 is 0 Å². The van der Waals surface area contributed by atoms with Crippen molar-refractivity contribution < 1.29 is 31.9 Å². The summed E-state index contributed by atoms with van der Waals surface area (Å²) in [6, 6.07) is 4.88. The number of carbonyl (C=O) groups is 2. The topological polar surface area (TPSA) is 182 Å². The number of sulfone groups is 1. The van der Waals surface area contributed by atoms with Crippen molar-refractivity contribution in [3.05, 3.63) is 76.9 Å². The van der Waals surface area contributed by atoms with E-state index in [0.29, 0.717) is 0 Å². The number of amides is 2. The van der Waals surface area contributed by atoms with Gasteiger partial charge in [-0.2, -0.15) is 4.98 Å². The minimum absolute atomic E-state index is 0.0168. The van der Waals surface area contributed by atoms with E-state index >= 15 is 4.39 Å². The first-order valence-electron chi connectivity index (χ1n) is 13.5. The van der Waals surface area contributed by atoms with E-state index in [1.165, 1.54) is 35.1 Å². The molecule has 1 atom stereocenters. The summed E-state index contributed by atoms with van der Waals surface area (Å²) in [5.41, 5.74) is 2.90. The molecule has 0 radical (unpaired) electrons. The maximum Gasteiger partial charge on any atom is 0.355 e. The van der Waals surface area contributed by atoms with E-state index in [1.54, 1.807) is 0 Å². The van der Waals surface area contributed by atoms with Crippen LogP contribution in [-0.4, -0.2) is 81.7 Å². The molecule has 5 rings (SSSR count). The third kappa shape index (κ3) is 5.71. The molecule has 16 heteroatoms. The Balaban J connectivity index is 1.88. The van der Waals surface area contributed by atoms with Gasteiger partial charge in [0, 0.05) is 38.5 Å². The normalized spacial score (nSPS) is 15.3. The van der Waals surface area contributed by atoms with E-state index in [0.717, 1.165) is 35.1 Å². The third-order valence-corrected chi connectivity index (χ3v) is 8.38. The van der Waals surface area contributed by atoms with Gasteiger partial charge in [-0.1, -0.05) is 12.6 Å². The van der Waals surface area contributed by atoms with Crippen LogP contribution in [0.4, 0.5) is 14.6 Å². The molecule has 0 spiro atoms. The zero-order valence-electron chi connectivity index (χ0n) is 24.1. The summed E-state index contributed by atoms with van der Waals surface area (Å²) in [6.07, 6.45) is 2.96. The molecule has 1 aliphatic heterocycles. The van der Waals surface area contributed by atoms with Crippen LogP contribution in [0.1, 0.15) is 12.0 Å². The number of piperazine rings is 1. The smallest absolute Gasteiger partial charge is 0.355 e. The molecule has 1 fully saturated rings. The Bertz CT molecular complexity index is 2050. The van der Waals surface area contributed by atoms with E-state index < -0.39 is 67.1 Å². The lowest BCUT2D eigenvalue weighted by Crippen LogP contribution is -2.56. The van der Waals surface area contributed by atoms with Gasteiger partial charge in [0.15, 0.2) is 26.3 Å². The first kappa shape index (κ1) is 31.2. The van der Waals surface area contributed by atoms with Crippen LogP contribution in [0.5, 0.6) is 5.75 Å². The first-order valence-corrected chi connectivity index (χ1v) is 15.4. The van der Waals surface area contributed by atoms with Gasteiger partial charge < -0.3 is 20.6 Å². The molecule has 0 aliphatic carbocycles. The van der Waals surface area contributed by atoms with Crippen LogP contribution in [0.3, 0.4) is 0 Å². The number of anilines is 1. The number of carbonyl (C=O) groups excluding carboxylic acids is 2. The maximum absolute atomic E-state index is 15.9. The predicted molar refractivity (Wildman–Crippen MR) is 160 cm³/mol. The summed E-state index contributed by atoms with van der Waals surface area (Å²) in [6.45, 7) is 5.13. The first-order chi connectivity index (χ1) is 21.2. The highest BCUT2D eigenvalue weighted by atomic mass is 32.2. The SMILES string of the molecule is C=CC(=O)N1CCN(c2nc(=O)n(-c3c(C)ccnc3S(C)(=O)=O)c3nc(-c4c(O)cccc4F)c(F)cc23)[C@@H](CC(N)=O)C1. The Kier molecular flexibility index (Phi) is 8.10. The quantitative estimate of drug-likeness (QED) is 0.282. The van der Waals surface area contributed by atoms with Crippen LogP contribution in [0.15, 0.2) is 59.0 Å². The van der Waals surface area contributed by atoms with Gasteiger partial charge in [-0.15, -0.1) is 0 Å². The van der Waals surface area contributed by atoms with Crippen LogP contribution in [0.2, 0.25) is 0 Å². The molecule has 3 N–H and O–H groups in total. The van der Waals surface area contributed by atoms with Gasteiger partial charge in [-0.3, -0.25) is 9.59 Å².